The number of ether oxygens (including phenoxy) is 2. The normalized spacial score (nSPS) is 16.7. The highest BCUT2D eigenvalue weighted by Gasteiger charge is 2.39. The zero-order valence-corrected chi connectivity index (χ0v) is 46.0. The van der Waals surface area contributed by atoms with E-state index < -0.39 is 83.3 Å². The SMILES string of the molecule is Cc1cc(NC(=O)Nc2cc(C(F)(F)F)ccc2O[C@@H]2Cc3ccccc3[C@H]2NC(=S)C(C)C)cc(C(F)(F)F)c1.Cc1cc(NC(=O)Nc2cc(C(F)(F)F)ccc2O[C@H]2Cc3ccccc3[C@@H]2NC(=S)C(C)C)cc(C(F)(F)F)c1. The van der Waals surface area contributed by atoms with Crippen molar-refractivity contribution in [2.24, 2.45) is 11.8 Å². The van der Waals surface area contributed by atoms with E-state index in [1.54, 1.807) is 0 Å². The highest BCUT2D eigenvalue weighted by Crippen LogP contribution is 2.42. The summed E-state index contributed by atoms with van der Waals surface area (Å²) in [6, 6.07) is 23.4. The van der Waals surface area contributed by atoms with Crippen molar-refractivity contribution in [3.63, 3.8) is 0 Å². The number of urea groups is 2. The van der Waals surface area contributed by atoms with Crippen LogP contribution in [0.1, 0.15) is 95.4 Å². The van der Waals surface area contributed by atoms with Gasteiger partial charge in [-0.2, -0.15) is 52.7 Å². The molecule has 10 nitrogen and oxygen atoms in total. The fourth-order valence-corrected chi connectivity index (χ4v) is 9.32. The molecule has 0 saturated heterocycles. The topological polar surface area (TPSA) is 125 Å². The van der Waals surface area contributed by atoms with Gasteiger partial charge in [0.25, 0.3) is 0 Å². The quantitative estimate of drug-likeness (QED) is 0.0529. The van der Waals surface area contributed by atoms with Crippen LogP contribution in [0.2, 0.25) is 0 Å². The van der Waals surface area contributed by atoms with Crippen molar-refractivity contribution in [3.8, 4) is 11.5 Å². The summed E-state index contributed by atoms with van der Waals surface area (Å²) in [6.45, 7) is 10.5. The first-order chi connectivity index (χ1) is 38.2. The van der Waals surface area contributed by atoms with Crippen LogP contribution < -0.4 is 41.4 Å². The minimum atomic E-state index is -4.72. The molecule has 6 aromatic carbocycles. The van der Waals surface area contributed by atoms with E-state index in [0.717, 1.165) is 82.9 Å². The predicted molar refractivity (Wildman–Crippen MR) is 296 cm³/mol. The van der Waals surface area contributed by atoms with Gasteiger partial charge in [0.15, 0.2) is 0 Å². The molecule has 6 aromatic rings. The summed E-state index contributed by atoms with van der Waals surface area (Å²) in [5.74, 6) is -0.0309. The van der Waals surface area contributed by atoms with Gasteiger partial charge in [-0.15, -0.1) is 0 Å². The monoisotopic (exact) mass is 1190 g/mol. The van der Waals surface area contributed by atoms with Crippen molar-refractivity contribution in [1.82, 2.24) is 10.6 Å². The van der Waals surface area contributed by atoms with E-state index in [0.29, 0.717) is 22.8 Å². The van der Waals surface area contributed by atoms with Crippen LogP contribution in [0.4, 0.5) is 85.0 Å². The summed E-state index contributed by atoms with van der Waals surface area (Å²) >= 11 is 11.0. The van der Waals surface area contributed by atoms with Crippen molar-refractivity contribution in [2.45, 2.75) is 103 Å². The number of carbonyl (C=O) groups is 2. The molecule has 0 heterocycles. The summed E-state index contributed by atoms with van der Waals surface area (Å²) in [5, 5.41) is 15.7. The molecule has 0 fully saturated rings. The number of hydrogen-bond donors (Lipinski definition) is 6. The molecule has 0 saturated carbocycles. The molecule has 24 heteroatoms. The molecule has 0 spiro atoms. The number of fused-ring (bicyclic) bond motifs is 2. The third-order valence-corrected chi connectivity index (χ3v) is 14.2. The number of anilines is 4. The van der Waals surface area contributed by atoms with E-state index in [1.807, 2.05) is 76.2 Å². The van der Waals surface area contributed by atoms with Crippen LogP contribution in [-0.4, -0.2) is 34.2 Å². The summed E-state index contributed by atoms with van der Waals surface area (Å²) in [5.41, 5.74) is -0.729. The standard InChI is InChI=1S/2C29H27F6N3O2S/c2*1-15(2)26(41)38-25-21-7-5-4-6-17(21)12-24(25)40-23-9-8-18(28(30,31)32)14-22(23)37-27(39)36-20-11-16(3)10-19(13-20)29(33,34)35/h2*4-11,13-15,24-25H,12H2,1-3H3,(H,38,41)(H2,36,37,39)/t2*24-,25-/m10/s1. The number of nitrogens with one attached hydrogen (secondary N) is 6. The minimum absolute atomic E-state index is 0.0323. The van der Waals surface area contributed by atoms with Gasteiger partial charge < -0.3 is 41.4 Å². The zero-order valence-electron chi connectivity index (χ0n) is 44.4. The number of thiocarbonyl (C=S) groups is 2. The van der Waals surface area contributed by atoms with Gasteiger partial charge in [0, 0.05) is 36.1 Å². The Hall–Kier alpha value is -7.60. The molecule has 4 amide bonds. The molecule has 0 radical (unpaired) electrons. The number of rotatable bonds is 12. The van der Waals surface area contributed by atoms with Crippen LogP contribution in [0.5, 0.6) is 11.5 Å². The summed E-state index contributed by atoms with van der Waals surface area (Å²) < 4.78 is 173. The largest absolute Gasteiger partial charge is 0.485 e. The van der Waals surface area contributed by atoms with E-state index in [-0.39, 0.29) is 57.2 Å². The second kappa shape index (κ2) is 24.9. The van der Waals surface area contributed by atoms with Crippen LogP contribution in [0, 0.1) is 25.7 Å². The van der Waals surface area contributed by atoms with Crippen molar-refractivity contribution >= 4 is 69.2 Å². The number of alkyl halides is 12. The Morgan fingerprint density at radius 3 is 1.13 bits per heavy atom. The molecular weight excluding hydrogens is 1140 g/mol. The van der Waals surface area contributed by atoms with Gasteiger partial charge in [-0.1, -0.05) is 101 Å². The number of amides is 4. The number of halogens is 12. The number of benzene rings is 6. The highest BCUT2D eigenvalue weighted by molar-refractivity contribution is 7.80. The Labute approximate surface area is 474 Å². The van der Waals surface area contributed by atoms with Gasteiger partial charge in [-0.3, -0.25) is 0 Å². The lowest BCUT2D eigenvalue weighted by Crippen LogP contribution is -2.38. The smallest absolute Gasteiger partial charge is 0.416 e. The first-order valence-corrected chi connectivity index (χ1v) is 26.1. The van der Waals surface area contributed by atoms with Gasteiger partial charge in [-0.05, 0) is 120 Å². The second-order valence-corrected chi connectivity index (χ2v) is 21.0. The fourth-order valence-electron chi connectivity index (χ4n) is 9.06. The van der Waals surface area contributed by atoms with Crippen LogP contribution in [0.15, 0.2) is 121 Å². The van der Waals surface area contributed by atoms with Gasteiger partial charge in [0.2, 0.25) is 0 Å². The Morgan fingerprint density at radius 1 is 0.463 bits per heavy atom. The first kappa shape index (κ1) is 62.0. The maximum atomic E-state index is 13.5. The van der Waals surface area contributed by atoms with E-state index in [9.17, 15) is 62.3 Å². The Bertz CT molecular complexity index is 3130. The van der Waals surface area contributed by atoms with Crippen LogP contribution in [0.25, 0.3) is 0 Å². The number of carbonyl (C=O) groups excluding carboxylic acids is 2. The lowest BCUT2D eigenvalue weighted by Gasteiger charge is -2.26. The van der Waals surface area contributed by atoms with Crippen molar-refractivity contribution in [2.75, 3.05) is 21.3 Å². The van der Waals surface area contributed by atoms with E-state index >= 15 is 0 Å². The van der Waals surface area contributed by atoms with Gasteiger partial charge >= 0.3 is 36.8 Å². The Morgan fingerprint density at radius 2 is 0.805 bits per heavy atom. The molecule has 82 heavy (non-hydrogen) atoms. The predicted octanol–water partition coefficient (Wildman–Crippen LogP) is 16.6. The molecule has 0 aliphatic heterocycles. The molecule has 8 rings (SSSR count). The van der Waals surface area contributed by atoms with E-state index in [2.05, 4.69) is 31.9 Å². The third-order valence-electron chi connectivity index (χ3n) is 13.0. The summed E-state index contributed by atoms with van der Waals surface area (Å²) in [4.78, 5) is 26.8. The molecule has 2 aliphatic rings. The molecule has 2 aliphatic carbocycles. The van der Waals surface area contributed by atoms with Gasteiger partial charge in [0.05, 0.1) is 55.7 Å². The van der Waals surface area contributed by atoms with Crippen LogP contribution >= 0.6 is 24.4 Å². The second-order valence-electron chi connectivity index (χ2n) is 20.1. The number of hydrogen-bond acceptors (Lipinski definition) is 6. The third kappa shape index (κ3) is 15.9. The number of aryl methyl sites for hydroxylation is 2. The van der Waals surface area contributed by atoms with Crippen molar-refractivity contribution in [1.29, 1.82) is 0 Å². The molecule has 436 valence electrons. The van der Waals surface area contributed by atoms with Gasteiger partial charge in [0.1, 0.15) is 23.7 Å². The van der Waals surface area contributed by atoms with Crippen LogP contribution in [-0.2, 0) is 37.5 Å². The van der Waals surface area contributed by atoms with Crippen LogP contribution in [0.3, 0.4) is 0 Å². The summed E-state index contributed by atoms with van der Waals surface area (Å²) in [6.07, 6.45) is -19.1. The summed E-state index contributed by atoms with van der Waals surface area (Å²) in [7, 11) is 0. The van der Waals surface area contributed by atoms with Gasteiger partial charge in [-0.25, -0.2) is 9.59 Å². The molecule has 0 aromatic heterocycles. The van der Waals surface area contributed by atoms with E-state index in [4.69, 9.17) is 33.9 Å². The molecule has 0 unspecified atom stereocenters. The maximum Gasteiger partial charge on any atom is 0.416 e. The molecule has 6 N–H and O–H groups in total. The molecular formula is C58H54F12N6O4S2. The highest BCUT2D eigenvalue weighted by atomic mass is 32.1. The fraction of sp³-hybridized carbons (Fsp3) is 0.310. The minimum Gasteiger partial charge on any atom is -0.485 e. The average molecular weight is 1190 g/mol. The maximum absolute atomic E-state index is 13.5. The first-order valence-electron chi connectivity index (χ1n) is 25.3. The average Bonchev–Trinajstić information content (AvgIpc) is 3.93. The molecule has 0 bridgehead atoms. The lowest BCUT2D eigenvalue weighted by molar-refractivity contribution is -0.138. The Kier molecular flexibility index (Phi) is 18.8. The van der Waals surface area contributed by atoms with E-state index in [1.165, 1.54) is 26.0 Å². The lowest BCUT2D eigenvalue weighted by atomic mass is 10.1. The zero-order chi connectivity index (χ0) is 60.2. The Balaban J connectivity index is 0.000000236. The van der Waals surface area contributed by atoms with Crippen molar-refractivity contribution < 1.29 is 71.7 Å². The molecule has 4 atom stereocenters. The van der Waals surface area contributed by atoms with Crippen molar-refractivity contribution in [3.05, 3.63) is 177 Å².